The number of ketones is 1. The molecule has 0 unspecified atom stereocenters. The zero-order chi connectivity index (χ0) is 11.4. The molecule has 2 aromatic heterocycles. The lowest BCUT2D eigenvalue weighted by atomic mass is 10.1. The van der Waals surface area contributed by atoms with Crippen LogP contribution in [0.1, 0.15) is 27.0 Å². The molecule has 2 heterocycles. The van der Waals surface area contributed by atoms with E-state index >= 15 is 0 Å². The smallest absolute Gasteiger partial charge is 0.169 e. The Balaban J connectivity index is 2.08. The fourth-order valence-electron chi connectivity index (χ4n) is 1.50. The standard InChI is InChI=1S/C13H13NOS/c1-2-11-5-6-12(16-11)8-13(15)10-4-3-7-14-9-10/h3-7,9H,2,8H2,1H3. The second kappa shape index (κ2) is 5.03. The minimum atomic E-state index is 0.137. The van der Waals surface area contributed by atoms with Gasteiger partial charge in [-0.15, -0.1) is 11.3 Å². The van der Waals surface area contributed by atoms with E-state index in [1.54, 1.807) is 29.8 Å². The second-order valence-electron chi connectivity index (χ2n) is 3.56. The molecule has 16 heavy (non-hydrogen) atoms. The molecule has 0 amide bonds. The highest BCUT2D eigenvalue weighted by Gasteiger charge is 2.08. The van der Waals surface area contributed by atoms with Gasteiger partial charge in [0.2, 0.25) is 0 Å². The monoisotopic (exact) mass is 231 g/mol. The van der Waals surface area contributed by atoms with Crippen LogP contribution in [0, 0.1) is 0 Å². The van der Waals surface area contributed by atoms with E-state index in [1.165, 1.54) is 4.88 Å². The number of nitrogens with zero attached hydrogens (tertiary/aromatic N) is 1. The first kappa shape index (κ1) is 11.0. The van der Waals surface area contributed by atoms with E-state index in [2.05, 4.69) is 18.0 Å². The summed E-state index contributed by atoms with van der Waals surface area (Å²) in [6.45, 7) is 2.12. The summed E-state index contributed by atoms with van der Waals surface area (Å²) in [5.41, 5.74) is 0.689. The zero-order valence-electron chi connectivity index (χ0n) is 9.14. The van der Waals surface area contributed by atoms with Crippen LogP contribution < -0.4 is 0 Å². The van der Waals surface area contributed by atoms with Gasteiger partial charge in [0.15, 0.2) is 5.78 Å². The summed E-state index contributed by atoms with van der Waals surface area (Å²) < 4.78 is 0. The van der Waals surface area contributed by atoms with Crippen molar-refractivity contribution in [3.8, 4) is 0 Å². The number of carbonyl (C=O) groups excluding carboxylic acids is 1. The van der Waals surface area contributed by atoms with Gasteiger partial charge >= 0.3 is 0 Å². The molecular weight excluding hydrogens is 218 g/mol. The molecular formula is C13H13NOS. The molecule has 0 aromatic carbocycles. The normalized spacial score (nSPS) is 10.3. The summed E-state index contributed by atoms with van der Waals surface area (Å²) in [6.07, 6.45) is 4.82. The molecule has 0 aliphatic rings. The number of aromatic nitrogens is 1. The molecule has 0 aliphatic carbocycles. The van der Waals surface area contributed by atoms with Crippen LogP contribution in [0.4, 0.5) is 0 Å². The van der Waals surface area contributed by atoms with Gasteiger partial charge in [-0.3, -0.25) is 9.78 Å². The number of rotatable bonds is 4. The topological polar surface area (TPSA) is 30.0 Å². The Morgan fingerprint density at radius 1 is 1.31 bits per heavy atom. The van der Waals surface area contributed by atoms with Crippen molar-refractivity contribution >= 4 is 17.1 Å². The van der Waals surface area contributed by atoms with Crippen molar-refractivity contribution in [2.75, 3.05) is 0 Å². The van der Waals surface area contributed by atoms with Crippen molar-refractivity contribution in [3.63, 3.8) is 0 Å². The van der Waals surface area contributed by atoms with Crippen molar-refractivity contribution in [1.29, 1.82) is 0 Å². The van der Waals surface area contributed by atoms with Crippen LogP contribution in [0.2, 0.25) is 0 Å². The number of hydrogen-bond acceptors (Lipinski definition) is 3. The van der Waals surface area contributed by atoms with E-state index in [4.69, 9.17) is 0 Å². The van der Waals surface area contributed by atoms with Crippen molar-refractivity contribution in [2.24, 2.45) is 0 Å². The molecule has 3 heteroatoms. The van der Waals surface area contributed by atoms with Crippen molar-refractivity contribution in [2.45, 2.75) is 19.8 Å². The molecule has 0 bridgehead atoms. The van der Waals surface area contributed by atoms with Crippen LogP contribution in [-0.4, -0.2) is 10.8 Å². The van der Waals surface area contributed by atoms with Gasteiger partial charge in [-0.25, -0.2) is 0 Å². The van der Waals surface area contributed by atoms with Gasteiger partial charge < -0.3 is 0 Å². The average molecular weight is 231 g/mol. The van der Waals surface area contributed by atoms with Gasteiger partial charge in [-0.05, 0) is 30.7 Å². The lowest BCUT2D eigenvalue weighted by Gasteiger charge is -1.97. The largest absolute Gasteiger partial charge is 0.294 e. The summed E-state index contributed by atoms with van der Waals surface area (Å²) in [7, 11) is 0. The number of hydrogen-bond donors (Lipinski definition) is 0. The predicted octanol–water partition coefficient (Wildman–Crippen LogP) is 3.13. The minimum Gasteiger partial charge on any atom is -0.294 e. The van der Waals surface area contributed by atoms with Crippen LogP contribution in [0.25, 0.3) is 0 Å². The Hall–Kier alpha value is -1.48. The molecule has 0 saturated heterocycles. The lowest BCUT2D eigenvalue weighted by molar-refractivity contribution is 0.0993. The SMILES string of the molecule is CCc1ccc(CC(=O)c2cccnc2)s1. The van der Waals surface area contributed by atoms with Gasteiger partial charge in [-0.2, -0.15) is 0 Å². The number of thiophene rings is 1. The summed E-state index contributed by atoms with van der Waals surface area (Å²) in [6, 6.07) is 7.73. The van der Waals surface area contributed by atoms with Gasteiger partial charge in [0.05, 0.1) is 0 Å². The van der Waals surface area contributed by atoms with E-state index in [0.717, 1.165) is 11.3 Å². The first-order chi connectivity index (χ1) is 7.79. The fraction of sp³-hybridized carbons (Fsp3) is 0.231. The summed E-state index contributed by atoms with van der Waals surface area (Å²) >= 11 is 1.71. The van der Waals surface area contributed by atoms with Crippen LogP contribution in [0.5, 0.6) is 0 Å². The highest BCUT2D eigenvalue weighted by molar-refractivity contribution is 7.12. The second-order valence-corrected chi connectivity index (χ2v) is 4.82. The molecule has 0 spiro atoms. The molecule has 0 N–H and O–H groups in total. The third-order valence-electron chi connectivity index (χ3n) is 2.38. The molecule has 2 nitrogen and oxygen atoms in total. The van der Waals surface area contributed by atoms with Crippen LogP contribution >= 0.6 is 11.3 Å². The molecule has 2 rings (SSSR count). The average Bonchev–Trinajstić information content (AvgIpc) is 2.78. The molecule has 0 saturated carbocycles. The predicted molar refractivity (Wildman–Crippen MR) is 66.0 cm³/mol. The fourth-order valence-corrected chi connectivity index (χ4v) is 2.45. The summed E-state index contributed by atoms with van der Waals surface area (Å²) in [5, 5.41) is 0. The Bertz CT molecular complexity index is 476. The van der Waals surface area contributed by atoms with Crippen molar-refractivity contribution in [1.82, 2.24) is 4.98 Å². The van der Waals surface area contributed by atoms with Gasteiger partial charge in [0, 0.05) is 34.1 Å². The number of pyridine rings is 1. The maximum atomic E-state index is 11.9. The molecule has 0 atom stereocenters. The van der Waals surface area contributed by atoms with E-state index in [-0.39, 0.29) is 5.78 Å². The minimum absolute atomic E-state index is 0.137. The third-order valence-corrected chi connectivity index (χ3v) is 3.61. The van der Waals surface area contributed by atoms with Crippen molar-refractivity contribution in [3.05, 3.63) is 52.0 Å². The maximum Gasteiger partial charge on any atom is 0.169 e. The van der Waals surface area contributed by atoms with Gasteiger partial charge in [0.1, 0.15) is 0 Å². The first-order valence-corrected chi connectivity index (χ1v) is 6.12. The van der Waals surface area contributed by atoms with Crippen LogP contribution in [0.15, 0.2) is 36.7 Å². The van der Waals surface area contributed by atoms with E-state index in [1.807, 2.05) is 12.1 Å². The lowest BCUT2D eigenvalue weighted by Crippen LogP contribution is -2.02. The van der Waals surface area contributed by atoms with E-state index in [9.17, 15) is 4.79 Å². The molecule has 0 fully saturated rings. The Kier molecular flexibility index (Phi) is 3.47. The molecule has 2 aromatic rings. The van der Waals surface area contributed by atoms with E-state index in [0.29, 0.717) is 12.0 Å². The highest BCUT2D eigenvalue weighted by atomic mass is 32.1. The van der Waals surface area contributed by atoms with Crippen LogP contribution in [0.3, 0.4) is 0 Å². The third kappa shape index (κ3) is 2.55. The number of Topliss-reactive ketones (excluding diaryl/α,β-unsaturated/α-hetero) is 1. The van der Waals surface area contributed by atoms with Crippen LogP contribution in [-0.2, 0) is 12.8 Å². The van der Waals surface area contributed by atoms with Crippen molar-refractivity contribution < 1.29 is 4.79 Å². The zero-order valence-corrected chi connectivity index (χ0v) is 9.96. The molecule has 0 aliphatic heterocycles. The summed E-state index contributed by atoms with van der Waals surface area (Å²) in [4.78, 5) is 18.3. The van der Waals surface area contributed by atoms with Gasteiger partial charge in [-0.1, -0.05) is 6.92 Å². The quantitative estimate of drug-likeness (QED) is 0.757. The first-order valence-electron chi connectivity index (χ1n) is 5.30. The number of aryl methyl sites for hydroxylation is 1. The maximum absolute atomic E-state index is 11.9. The Labute approximate surface area is 99.0 Å². The number of carbonyl (C=O) groups is 1. The molecule has 0 radical (unpaired) electrons. The highest BCUT2D eigenvalue weighted by Crippen LogP contribution is 2.18. The van der Waals surface area contributed by atoms with Gasteiger partial charge in [0.25, 0.3) is 0 Å². The Morgan fingerprint density at radius 3 is 2.75 bits per heavy atom. The molecule has 82 valence electrons. The Morgan fingerprint density at radius 2 is 2.12 bits per heavy atom. The van der Waals surface area contributed by atoms with E-state index < -0.39 is 0 Å². The summed E-state index contributed by atoms with van der Waals surface area (Å²) in [5.74, 6) is 0.137.